The fraction of sp³-hybridized carbons (Fsp3) is 0.538. The summed E-state index contributed by atoms with van der Waals surface area (Å²) in [6.07, 6.45) is 1.06. The maximum absolute atomic E-state index is 6.18. The van der Waals surface area contributed by atoms with E-state index in [0.717, 1.165) is 44.2 Å². The van der Waals surface area contributed by atoms with Gasteiger partial charge in [0.25, 0.3) is 0 Å². The van der Waals surface area contributed by atoms with E-state index in [9.17, 15) is 0 Å². The van der Waals surface area contributed by atoms with Crippen molar-refractivity contribution in [3.8, 4) is 0 Å². The molecule has 2 rings (SSSR count). The minimum atomic E-state index is 0.903. The smallest absolute Gasteiger partial charge is 0.0438 e. The molecule has 2 nitrogen and oxygen atoms in total. The van der Waals surface area contributed by atoms with E-state index in [1.165, 1.54) is 11.1 Å². The van der Waals surface area contributed by atoms with Crippen LogP contribution < -0.4 is 5.32 Å². The van der Waals surface area contributed by atoms with E-state index >= 15 is 0 Å². The normalized spacial score (nSPS) is 17.6. The summed E-state index contributed by atoms with van der Waals surface area (Å²) >= 11 is 6.18. The standard InChI is InChI=1S/C13H19ClN2/c1-11-2-3-13(14)12(10-11)4-7-16-8-5-15-6-9-16/h2-3,10,15H,4-9H2,1H3. The van der Waals surface area contributed by atoms with Crippen molar-refractivity contribution in [2.45, 2.75) is 13.3 Å². The number of nitrogens with zero attached hydrogens (tertiary/aromatic N) is 1. The highest BCUT2D eigenvalue weighted by atomic mass is 35.5. The Morgan fingerprint density at radius 3 is 2.81 bits per heavy atom. The molecule has 0 spiro atoms. The average Bonchev–Trinajstić information content (AvgIpc) is 2.32. The van der Waals surface area contributed by atoms with Crippen molar-refractivity contribution in [3.05, 3.63) is 34.3 Å². The lowest BCUT2D eigenvalue weighted by atomic mass is 10.1. The summed E-state index contributed by atoms with van der Waals surface area (Å²) in [7, 11) is 0. The van der Waals surface area contributed by atoms with Crippen molar-refractivity contribution in [3.63, 3.8) is 0 Å². The van der Waals surface area contributed by atoms with Crippen molar-refractivity contribution < 1.29 is 0 Å². The maximum atomic E-state index is 6.18. The Kier molecular flexibility index (Phi) is 4.22. The number of rotatable bonds is 3. The molecule has 0 unspecified atom stereocenters. The molecule has 88 valence electrons. The molecule has 0 bridgehead atoms. The molecule has 16 heavy (non-hydrogen) atoms. The van der Waals surface area contributed by atoms with E-state index < -0.39 is 0 Å². The number of nitrogens with one attached hydrogen (secondary N) is 1. The Morgan fingerprint density at radius 2 is 2.06 bits per heavy atom. The second-order valence-electron chi connectivity index (χ2n) is 4.44. The Balaban J connectivity index is 1.90. The van der Waals surface area contributed by atoms with Crippen LogP contribution in [0.25, 0.3) is 0 Å². The van der Waals surface area contributed by atoms with Gasteiger partial charge in [-0.25, -0.2) is 0 Å². The highest BCUT2D eigenvalue weighted by Crippen LogP contribution is 2.18. The van der Waals surface area contributed by atoms with Crippen LogP contribution in [0.4, 0.5) is 0 Å². The maximum Gasteiger partial charge on any atom is 0.0438 e. The molecule has 1 aromatic carbocycles. The molecule has 0 aromatic heterocycles. The largest absolute Gasteiger partial charge is 0.314 e. The van der Waals surface area contributed by atoms with Gasteiger partial charge in [0.1, 0.15) is 0 Å². The first kappa shape index (κ1) is 11.9. The molecule has 1 fully saturated rings. The first-order valence-electron chi connectivity index (χ1n) is 5.94. The van der Waals surface area contributed by atoms with Gasteiger partial charge in [0.2, 0.25) is 0 Å². The van der Waals surface area contributed by atoms with Crippen LogP contribution in [0.3, 0.4) is 0 Å². The van der Waals surface area contributed by atoms with E-state index in [-0.39, 0.29) is 0 Å². The zero-order valence-corrected chi connectivity index (χ0v) is 10.6. The van der Waals surface area contributed by atoms with Gasteiger partial charge in [-0.1, -0.05) is 29.3 Å². The zero-order valence-electron chi connectivity index (χ0n) is 9.80. The minimum absolute atomic E-state index is 0.903. The summed E-state index contributed by atoms with van der Waals surface area (Å²) in [4.78, 5) is 2.50. The second-order valence-corrected chi connectivity index (χ2v) is 4.84. The van der Waals surface area contributed by atoms with Gasteiger partial charge < -0.3 is 10.2 Å². The zero-order chi connectivity index (χ0) is 11.4. The number of piperazine rings is 1. The predicted octanol–water partition coefficient (Wildman–Crippen LogP) is 2.10. The van der Waals surface area contributed by atoms with Crippen LogP contribution in [0.1, 0.15) is 11.1 Å². The minimum Gasteiger partial charge on any atom is -0.314 e. The van der Waals surface area contributed by atoms with Gasteiger partial charge in [-0.2, -0.15) is 0 Å². The first-order chi connectivity index (χ1) is 7.75. The fourth-order valence-electron chi connectivity index (χ4n) is 2.11. The van der Waals surface area contributed by atoms with Crippen LogP contribution in [-0.2, 0) is 6.42 Å². The third-order valence-corrected chi connectivity index (χ3v) is 3.48. The van der Waals surface area contributed by atoms with Crippen molar-refractivity contribution in [2.24, 2.45) is 0 Å². The van der Waals surface area contributed by atoms with E-state index in [0.29, 0.717) is 0 Å². The van der Waals surface area contributed by atoms with E-state index in [4.69, 9.17) is 11.6 Å². The van der Waals surface area contributed by atoms with Gasteiger partial charge in [-0.05, 0) is 25.0 Å². The molecule has 0 atom stereocenters. The lowest BCUT2D eigenvalue weighted by Gasteiger charge is -2.27. The van der Waals surface area contributed by atoms with Gasteiger partial charge >= 0.3 is 0 Å². The van der Waals surface area contributed by atoms with Gasteiger partial charge in [0.15, 0.2) is 0 Å². The van der Waals surface area contributed by atoms with Gasteiger partial charge in [0.05, 0.1) is 0 Å². The highest BCUT2D eigenvalue weighted by molar-refractivity contribution is 6.31. The monoisotopic (exact) mass is 238 g/mol. The molecule has 1 aliphatic rings. The molecule has 0 saturated carbocycles. The quantitative estimate of drug-likeness (QED) is 0.868. The van der Waals surface area contributed by atoms with Crippen LogP contribution in [0.15, 0.2) is 18.2 Å². The first-order valence-corrected chi connectivity index (χ1v) is 6.31. The molecule has 1 aliphatic heterocycles. The average molecular weight is 239 g/mol. The molecule has 1 N–H and O–H groups in total. The Morgan fingerprint density at radius 1 is 1.31 bits per heavy atom. The Hall–Kier alpha value is -0.570. The van der Waals surface area contributed by atoms with Crippen molar-refractivity contribution in [1.82, 2.24) is 10.2 Å². The lowest BCUT2D eigenvalue weighted by molar-refractivity contribution is 0.244. The van der Waals surface area contributed by atoms with Crippen molar-refractivity contribution in [1.29, 1.82) is 0 Å². The number of aryl methyl sites for hydroxylation is 1. The number of hydrogen-bond acceptors (Lipinski definition) is 2. The molecule has 1 saturated heterocycles. The lowest BCUT2D eigenvalue weighted by Crippen LogP contribution is -2.44. The summed E-state index contributed by atoms with van der Waals surface area (Å²) in [5.74, 6) is 0. The van der Waals surface area contributed by atoms with Gasteiger partial charge in [-0.15, -0.1) is 0 Å². The SMILES string of the molecule is Cc1ccc(Cl)c(CCN2CCNCC2)c1. The van der Waals surface area contributed by atoms with Crippen LogP contribution >= 0.6 is 11.6 Å². The van der Waals surface area contributed by atoms with Crippen LogP contribution in [0, 0.1) is 6.92 Å². The molecule has 3 heteroatoms. The number of halogens is 1. The molecule has 0 aliphatic carbocycles. The van der Waals surface area contributed by atoms with Gasteiger partial charge in [-0.3, -0.25) is 0 Å². The summed E-state index contributed by atoms with van der Waals surface area (Å²) < 4.78 is 0. The van der Waals surface area contributed by atoms with E-state index in [1.54, 1.807) is 0 Å². The second kappa shape index (κ2) is 5.67. The van der Waals surface area contributed by atoms with Crippen LogP contribution in [0.2, 0.25) is 5.02 Å². The van der Waals surface area contributed by atoms with Gasteiger partial charge in [0, 0.05) is 37.7 Å². The third kappa shape index (κ3) is 3.21. The molecular weight excluding hydrogens is 220 g/mol. The summed E-state index contributed by atoms with van der Waals surface area (Å²) in [6, 6.07) is 6.27. The highest BCUT2D eigenvalue weighted by Gasteiger charge is 2.10. The van der Waals surface area contributed by atoms with Crippen molar-refractivity contribution in [2.75, 3.05) is 32.7 Å². The molecule has 0 amide bonds. The predicted molar refractivity (Wildman–Crippen MR) is 69.2 cm³/mol. The molecular formula is C13H19ClN2. The van der Waals surface area contributed by atoms with Crippen LogP contribution in [0.5, 0.6) is 0 Å². The third-order valence-electron chi connectivity index (χ3n) is 3.11. The fourth-order valence-corrected chi connectivity index (χ4v) is 2.32. The summed E-state index contributed by atoms with van der Waals surface area (Å²) in [6.45, 7) is 7.77. The van der Waals surface area contributed by atoms with E-state index in [2.05, 4.69) is 29.3 Å². The number of benzene rings is 1. The molecule has 1 heterocycles. The Bertz CT molecular complexity index is 346. The van der Waals surface area contributed by atoms with Crippen molar-refractivity contribution >= 4 is 11.6 Å². The summed E-state index contributed by atoms with van der Waals surface area (Å²) in [5.41, 5.74) is 2.57. The topological polar surface area (TPSA) is 15.3 Å². The molecule has 1 aromatic rings. The van der Waals surface area contributed by atoms with Crippen LogP contribution in [-0.4, -0.2) is 37.6 Å². The Labute approximate surface area is 103 Å². The number of hydrogen-bond donors (Lipinski definition) is 1. The summed E-state index contributed by atoms with van der Waals surface area (Å²) in [5, 5.41) is 4.27. The molecule has 0 radical (unpaired) electrons. The van der Waals surface area contributed by atoms with E-state index in [1.807, 2.05) is 6.07 Å².